The van der Waals surface area contributed by atoms with E-state index in [2.05, 4.69) is 36.6 Å². The summed E-state index contributed by atoms with van der Waals surface area (Å²) in [5.41, 5.74) is 2.90. The van der Waals surface area contributed by atoms with E-state index in [1.807, 2.05) is 25.1 Å². The molecular formula is C21H26N2O2. The van der Waals surface area contributed by atoms with Crippen molar-refractivity contribution in [3.8, 4) is 0 Å². The van der Waals surface area contributed by atoms with Crippen LogP contribution in [0.3, 0.4) is 0 Å². The van der Waals surface area contributed by atoms with Crippen molar-refractivity contribution in [1.29, 1.82) is 0 Å². The average molecular weight is 338 g/mol. The summed E-state index contributed by atoms with van der Waals surface area (Å²) in [4.78, 5) is 24.0. The first-order valence-corrected chi connectivity index (χ1v) is 8.67. The minimum Gasteiger partial charge on any atom is -0.348 e. The summed E-state index contributed by atoms with van der Waals surface area (Å²) >= 11 is 0. The molecule has 2 N–H and O–H groups in total. The van der Waals surface area contributed by atoms with Crippen molar-refractivity contribution in [1.82, 2.24) is 10.6 Å². The van der Waals surface area contributed by atoms with Crippen molar-refractivity contribution >= 4 is 11.8 Å². The Hall–Kier alpha value is -2.62. The summed E-state index contributed by atoms with van der Waals surface area (Å²) < 4.78 is 0. The first kappa shape index (κ1) is 18.7. The Morgan fingerprint density at radius 2 is 1.56 bits per heavy atom. The van der Waals surface area contributed by atoms with E-state index in [-0.39, 0.29) is 24.4 Å². The summed E-state index contributed by atoms with van der Waals surface area (Å²) in [5, 5.41) is 5.54. The molecule has 0 aromatic heterocycles. The molecule has 2 aromatic carbocycles. The molecule has 0 bridgehead atoms. The lowest BCUT2D eigenvalue weighted by molar-refractivity contribution is -0.120. The number of carbonyl (C=O) groups excluding carboxylic acids is 2. The first-order chi connectivity index (χ1) is 12.0. The van der Waals surface area contributed by atoms with Crippen molar-refractivity contribution in [3.05, 3.63) is 71.3 Å². The smallest absolute Gasteiger partial charge is 0.251 e. The molecule has 2 rings (SSSR count). The maximum atomic E-state index is 12.0. The van der Waals surface area contributed by atoms with Crippen molar-refractivity contribution in [2.24, 2.45) is 5.92 Å². The molecule has 0 fully saturated rings. The molecule has 0 heterocycles. The van der Waals surface area contributed by atoms with Crippen LogP contribution in [0, 0.1) is 5.92 Å². The monoisotopic (exact) mass is 338 g/mol. The summed E-state index contributed by atoms with van der Waals surface area (Å²) in [7, 11) is 0. The van der Waals surface area contributed by atoms with Gasteiger partial charge < -0.3 is 10.6 Å². The van der Waals surface area contributed by atoms with Crippen LogP contribution in [0.1, 0.15) is 48.3 Å². The number of carbonyl (C=O) groups is 2. The predicted molar refractivity (Wildman–Crippen MR) is 100 cm³/mol. The Morgan fingerprint density at radius 1 is 0.920 bits per heavy atom. The molecule has 0 radical (unpaired) electrons. The lowest BCUT2D eigenvalue weighted by atomic mass is 10.00. The van der Waals surface area contributed by atoms with Crippen LogP contribution in [0.15, 0.2) is 54.6 Å². The highest BCUT2D eigenvalue weighted by Gasteiger charge is 2.11. The van der Waals surface area contributed by atoms with Gasteiger partial charge in [-0.3, -0.25) is 9.59 Å². The molecule has 1 atom stereocenters. The van der Waals surface area contributed by atoms with Gasteiger partial charge in [-0.15, -0.1) is 0 Å². The molecule has 0 aliphatic heterocycles. The Morgan fingerprint density at radius 3 is 2.16 bits per heavy atom. The first-order valence-electron chi connectivity index (χ1n) is 8.67. The molecule has 4 heteroatoms. The molecule has 4 nitrogen and oxygen atoms in total. The normalized spacial score (nSPS) is 11.8. The zero-order valence-corrected chi connectivity index (χ0v) is 15.1. The molecule has 2 aromatic rings. The van der Waals surface area contributed by atoms with Crippen molar-refractivity contribution < 1.29 is 9.59 Å². The molecule has 0 saturated carbocycles. The lowest BCUT2D eigenvalue weighted by Crippen LogP contribution is -2.38. The van der Waals surface area contributed by atoms with E-state index >= 15 is 0 Å². The van der Waals surface area contributed by atoms with Gasteiger partial charge in [0.2, 0.25) is 5.91 Å². The van der Waals surface area contributed by atoms with Crippen LogP contribution in [0.2, 0.25) is 0 Å². The van der Waals surface area contributed by atoms with Gasteiger partial charge in [-0.05, 0) is 42.5 Å². The summed E-state index contributed by atoms with van der Waals surface area (Å²) in [6.45, 7) is 6.29. The molecule has 0 unspecified atom stereocenters. The third-order valence-corrected chi connectivity index (χ3v) is 3.95. The van der Waals surface area contributed by atoms with Crippen molar-refractivity contribution in [3.63, 3.8) is 0 Å². The number of rotatable bonds is 7. The fraction of sp³-hybridized carbons (Fsp3) is 0.333. The van der Waals surface area contributed by atoms with Crippen LogP contribution in [-0.2, 0) is 11.2 Å². The second-order valence-electron chi connectivity index (χ2n) is 6.68. The molecule has 0 aliphatic carbocycles. The molecule has 132 valence electrons. The van der Waals surface area contributed by atoms with Crippen LogP contribution >= 0.6 is 0 Å². The summed E-state index contributed by atoms with van der Waals surface area (Å²) in [6.07, 6.45) is 1.05. The van der Waals surface area contributed by atoms with Crippen LogP contribution in [0.25, 0.3) is 0 Å². The van der Waals surface area contributed by atoms with Gasteiger partial charge in [0.05, 0.1) is 12.6 Å². The number of hydrogen-bond acceptors (Lipinski definition) is 2. The van der Waals surface area contributed by atoms with Gasteiger partial charge in [0.1, 0.15) is 0 Å². The van der Waals surface area contributed by atoms with Crippen LogP contribution < -0.4 is 10.6 Å². The maximum Gasteiger partial charge on any atom is 0.251 e. The molecule has 25 heavy (non-hydrogen) atoms. The van der Waals surface area contributed by atoms with Crippen molar-refractivity contribution in [2.45, 2.75) is 33.2 Å². The van der Waals surface area contributed by atoms with Crippen LogP contribution in [-0.4, -0.2) is 18.4 Å². The van der Waals surface area contributed by atoms with Gasteiger partial charge in [0, 0.05) is 5.56 Å². The largest absolute Gasteiger partial charge is 0.348 e. The van der Waals surface area contributed by atoms with E-state index in [0.717, 1.165) is 12.0 Å². The second-order valence-corrected chi connectivity index (χ2v) is 6.68. The lowest BCUT2D eigenvalue weighted by Gasteiger charge is -2.15. The van der Waals surface area contributed by atoms with Gasteiger partial charge >= 0.3 is 0 Å². The molecule has 0 saturated heterocycles. The second kappa shape index (κ2) is 9.02. The minimum atomic E-state index is -0.249. The Kier molecular flexibility index (Phi) is 6.75. The Balaban J connectivity index is 1.82. The molecule has 0 spiro atoms. The highest BCUT2D eigenvalue weighted by atomic mass is 16.2. The van der Waals surface area contributed by atoms with E-state index < -0.39 is 0 Å². The van der Waals surface area contributed by atoms with E-state index in [0.29, 0.717) is 11.5 Å². The Bertz CT molecular complexity index is 694. The fourth-order valence-electron chi connectivity index (χ4n) is 2.64. The number of hydrogen-bond donors (Lipinski definition) is 2. The standard InChI is InChI=1S/C21H26N2O2/c1-15(2)13-17-9-11-18(12-10-17)16(3)23-20(24)14-22-21(25)19-7-5-4-6-8-19/h4-12,15-16H,13-14H2,1-3H3,(H,22,25)(H,23,24)/t16-/m0/s1. The van der Waals surface area contributed by atoms with E-state index in [1.54, 1.807) is 24.3 Å². The fourth-order valence-corrected chi connectivity index (χ4v) is 2.64. The van der Waals surface area contributed by atoms with E-state index in [4.69, 9.17) is 0 Å². The van der Waals surface area contributed by atoms with Gasteiger partial charge in [0.25, 0.3) is 5.91 Å². The molecular weight excluding hydrogens is 312 g/mol. The van der Waals surface area contributed by atoms with Gasteiger partial charge in [0.15, 0.2) is 0 Å². The highest BCUT2D eigenvalue weighted by Crippen LogP contribution is 2.15. The zero-order valence-electron chi connectivity index (χ0n) is 15.1. The Labute approximate surface area is 149 Å². The minimum absolute atomic E-state index is 0.0382. The third kappa shape index (κ3) is 6.07. The number of nitrogens with one attached hydrogen (secondary N) is 2. The van der Waals surface area contributed by atoms with Crippen molar-refractivity contribution in [2.75, 3.05) is 6.54 Å². The third-order valence-electron chi connectivity index (χ3n) is 3.95. The van der Waals surface area contributed by atoms with Crippen LogP contribution in [0.4, 0.5) is 0 Å². The topological polar surface area (TPSA) is 58.2 Å². The summed E-state index contributed by atoms with van der Waals surface area (Å²) in [6, 6.07) is 17.1. The number of amides is 2. The summed E-state index contributed by atoms with van der Waals surface area (Å²) in [5.74, 6) is 0.167. The molecule has 2 amide bonds. The SMILES string of the molecule is CC(C)Cc1ccc([C@H](C)NC(=O)CNC(=O)c2ccccc2)cc1. The van der Waals surface area contributed by atoms with Gasteiger partial charge in [-0.1, -0.05) is 56.3 Å². The van der Waals surface area contributed by atoms with E-state index in [9.17, 15) is 9.59 Å². The number of benzene rings is 2. The highest BCUT2D eigenvalue weighted by molar-refractivity contribution is 5.96. The maximum absolute atomic E-state index is 12.0. The average Bonchev–Trinajstić information content (AvgIpc) is 2.60. The van der Waals surface area contributed by atoms with E-state index in [1.165, 1.54) is 5.56 Å². The van der Waals surface area contributed by atoms with Gasteiger partial charge in [-0.2, -0.15) is 0 Å². The quantitative estimate of drug-likeness (QED) is 0.812. The van der Waals surface area contributed by atoms with Crippen LogP contribution in [0.5, 0.6) is 0 Å². The predicted octanol–water partition coefficient (Wildman–Crippen LogP) is 3.49. The van der Waals surface area contributed by atoms with Gasteiger partial charge in [-0.25, -0.2) is 0 Å². The zero-order chi connectivity index (χ0) is 18.2. The molecule has 0 aliphatic rings.